The highest BCUT2D eigenvalue weighted by Gasteiger charge is 2.27. The molecule has 0 radical (unpaired) electrons. The summed E-state index contributed by atoms with van der Waals surface area (Å²) in [5.74, 6) is 0.263. The number of sulfonamides is 1. The summed E-state index contributed by atoms with van der Waals surface area (Å²) in [6, 6.07) is 12.7. The molecule has 166 valence electrons. The van der Waals surface area contributed by atoms with Crippen LogP contribution < -0.4 is 10.0 Å². The summed E-state index contributed by atoms with van der Waals surface area (Å²) in [4.78, 5) is 27.9. The maximum absolute atomic E-state index is 13.2. The number of benzene rings is 2. The molecular formula is C23H29N3O4S. The average molecular weight is 444 g/mol. The Morgan fingerprint density at radius 3 is 2.39 bits per heavy atom. The van der Waals surface area contributed by atoms with Gasteiger partial charge in [-0.05, 0) is 48.6 Å². The molecule has 1 aliphatic heterocycles. The maximum Gasteiger partial charge on any atom is 0.255 e. The van der Waals surface area contributed by atoms with Crippen molar-refractivity contribution in [3.05, 3.63) is 59.7 Å². The van der Waals surface area contributed by atoms with Crippen molar-refractivity contribution in [3.63, 3.8) is 0 Å². The molecule has 2 N–H and O–H groups in total. The van der Waals surface area contributed by atoms with Gasteiger partial charge >= 0.3 is 0 Å². The van der Waals surface area contributed by atoms with Gasteiger partial charge in [0, 0.05) is 25.2 Å². The predicted octanol–water partition coefficient (Wildman–Crippen LogP) is 3.36. The highest BCUT2D eigenvalue weighted by molar-refractivity contribution is 7.89. The fraction of sp³-hybridized carbons (Fsp3) is 0.391. The molecule has 2 aromatic rings. The topological polar surface area (TPSA) is 95.6 Å². The summed E-state index contributed by atoms with van der Waals surface area (Å²) < 4.78 is 26.9. The molecule has 7 nitrogen and oxygen atoms in total. The monoisotopic (exact) mass is 443 g/mol. The number of para-hydroxylation sites is 1. The number of hydrogen-bond donors (Lipinski definition) is 2. The van der Waals surface area contributed by atoms with Gasteiger partial charge in [0.05, 0.1) is 16.1 Å². The largest absolute Gasteiger partial charge is 0.338 e. The van der Waals surface area contributed by atoms with Crippen molar-refractivity contribution in [2.45, 2.75) is 32.1 Å². The van der Waals surface area contributed by atoms with Crippen LogP contribution in [0.4, 0.5) is 5.69 Å². The molecule has 2 amide bonds. The second-order valence-electron chi connectivity index (χ2n) is 8.19. The standard InChI is InChI=1S/C23H29N3O4S/c1-4-24-31(29,30)19-9-7-8-18(13-19)22(27)25-21-11-6-5-10-20(21)23(28)26-14-16(2)12-17(3)15-26/h5-11,13,16-17,24H,4,12,14-15H2,1-3H3,(H,25,27). The molecule has 2 aromatic carbocycles. The van der Waals surface area contributed by atoms with Gasteiger partial charge < -0.3 is 10.2 Å². The van der Waals surface area contributed by atoms with E-state index in [0.717, 1.165) is 6.42 Å². The van der Waals surface area contributed by atoms with E-state index in [9.17, 15) is 18.0 Å². The molecule has 0 spiro atoms. The molecule has 1 fully saturated rings. The van der Waals surface area contributed by atoms with Crippen LogP contribution in [0.3, 0.4) is 0 Å². The fourth-order valence-corrected chi connectivity index (χ4v) is 5.14. The minimum Gasteiger partial charge on any atom is -0.338 e. The van der Waals surface area contributed by atoms with E-state index in [1.807, 2.05) is 4.90 Å². The smallest absolute Gasteiger partial charge is 0.255 e. The number of carbonyl (C=O) groups is 2. The van der Waals surface area contributed by atoms with Crippen LogP contribution in [0.2, 0.25) is 0 Å². The molecule has 0 aliphatic carbocycles. The highest BCUT2D eigenvalue weighted by Crippen LogP contribution is 2.25. The number of nitrogens with one attached hydrogen (secondary N) is 2. The van der Waals surface area contributed by atoms with E-state index in [-0.39, 0.29) is 22.9 Å². The Morgan fingerprint density at radius 2 is 1.71 bits per heavy atom. The van der Waals surface area contributed by atoms with Gasteiger partial charge in [-0.3, -0.25) is 9.59 Å². The first-order chi connectivity index (χ1) is 14.7. The van der Waals surface area contributed by atoms with Crippen molar-refractivity contribution in [1.82, 2.24) is 9.62 Å². The molecule has 0 saturated carbocycles. The van der Waals surface area contributed by atoms with Crippen molar-refractivity contribution in [2.75, 3.05) is 25.0 Å². The van der Waals surface area contributed by atoms with Crippen molar-refractivity contribution in [3.8, 4) is 0 Å². The van der Waals surface area contributed by atoms with Gasteiger partial charge in [-0.15, -0.1) is 0 Å². The molecule has 3 rings (SSSR count). The number of anilines is 1. The first kappa shape index (κ1) is 23.0. The number of amides is 2. The van der Waals surface area contributed by atoms with Crippen molar-refractivity contribution in [1.29, 1.82) is 0 Å². The van der Waals surface area contributed by atoms with Crippen LogP contribution in [0.5, 0.6) is 0 Å². The van der Waals surface area contributed by atoms with Crippen LogP contribution in [0.1, 0.15) is 47.9 Å². The van der Waals surface area contributed by atoms with E-state index >= 15 is 0 Å². The molecular weight excluding hydrogens is 414 g/mol. The Balaban J connectivity index is 1.83. The van der Waals surface area contributed by atoms with Crippen LogP contribution in [0.25, 0.3) is 0 Å². The van der Waals surface area contributed by atoms with Crippen LogP contribution in [-0.4, -0.2) is 44.8 Å². The van der Waals surface area contributed by atoms with E-state index in [0.29, 0.717) is 36.2 Å². The van der Waals surface area contributed by atoms with E-state index in [4.69, 9.17) is 0 Å². The van der Waals surface area contributed by atoms with Crippen molar-refractivity contribution >= 4 is 27.5 Å². The zero-order valence-corrected chi connectivity index (χ0v) is 18.9. The molecule has 2 unspecified atom stereocenters. The maximum atomic E-state index is 13.2. The van der Waals surface area contributed by atoms with E-state index in [2.05, 4.69) is 23.9 Å². The van der Waals surface area contributed by atoms with Gasteiger partial charge in [-0.1, -0.05) is 39.0 Å². The predicted molar refractivity (Wildman–Crippen MR) is 121 cm³/mol. The summed E-state index contributed by atoms with van der Waals surface area (Å²) in [6.07, 6.45) is 1.09. The zero-order chi connectivity index (χ0) is 22.6. The van der Waals surface area contributed by atoms with Crippen molar-refractivity contribution in [2.24, 2.45) is 11.8 Å². The number of nitrogens with zero attached hydrogens (tertiary/aromatic N) is 1. The van der Waals surface area contributed by atoms with Crippen LogP contribution >= 0.6 is 0 Å². The normalized spacial score (nSPS) is 19.1. The summed E-state index contributed by atoms with van der Waals surface area (Å²) >= 11 is 0. The molecule has 31 heavy (non-hydrogen) atoms. The molecule has 8 heteroatoms. The quantitative estimate of drug-likeness (QED) is 0.716. The Hall–Kier alpha value is -2.71. The Kier molecular flexibility index (Phi) is 7.12. The summed E-state index contributed by atoms with van der Waals surface area (Å²) in [6.45, 7) is 7.59. The third kappa shape index (κ3) is 5.51. The molecule has 0 bridgehead atoms. The number of hydrogen-bond acceptors (Lipinski definition) is 4. The van der Waals surface area contributed by atoms with Gasteiger partial charge in [0.1, 0.15) is 0 Å². The lowest BCUT2D eigenvalue weighted by atomic mass is 9.91. The highest BCUT2D eigenvalue weighted by atomic mass is 32.2. The van der Waals surface area contributed by atoms with Crippen LogP contribution in [-0.2, 0) is 10.0 Å². The van der Waals surface area contributed by atoms with Gasteiger partial charge in [-0.25, -0.2) is 13.1 Å². The Bertz CT molecular complexity index is 1060. The lowest BCUT2D eigenvalue weighted by Crippen LogP contribution is -2.42. The number of rotatable bonds is 6. The third-order valence-corrected chi connectivity index (χ3v) is 6.85. The van der Waals surface area contributed by atoms with Crippen LogP contribution in [0.15, 0.2) is 53.4 Å². The minimum atomic E-state index is -3.68. The summed E-state index contributed by atoms with van der Waals surface area (Å²) in [7, 11) is -3.68. The minimum absolute atomic E-state index is 0.0163. The van der Waals surface area contributed by atoms with Gasteiger partial charge in [-0.2, -0.15) is 0 Å². The fourth-order valence-electron chi connectivity index (χ4n) is 4.05. The number of carbonyl (C=O) groups excluding carboxylic acids is 2. The van der Waals surface area contributed by atoms with Crippen molar-refractivity contribution < 1.29 is 18.0 Å². The number of likely N-dealkylation sites (tertiary alicyclic amines) is 1. The van der Waals surface area contributed by atoms with Gasteiger partial charge in [0.25, 0.3) is 11.8 Å². The molecule has 1 heterocycles. The first-order valence-electron chi connectivity index (χ1n) is 10.5. The summed E-state index contributed by atoms with van der Waals surface area (Å²) in [5, 5.41) is 2.78. The second-order valence-corrected chi connectivity index (χ2v) is 9.95. The Labute approximate surface area is 183 Å². The lowest BCUT2D eigenvalue weighted by molar-refractivity contribution is 0.0624. The first-order valence-corrected chi connectivity index (χ1v) is 12.0. The van der Waals surface area contributed by atoms with E-state index < -0.39 is 15.9 Å². The molecule has 0 aromatic heterocycles. The van der Waals surface area contributed by atoms with E-state index in [1.165, 1.54) is 18.2 Å². The molecule has 1 saturated heterocycles. The lowest BCUT2D eigenvalue weighted by Gasteiger charge is -2.35. The van der Waals surface area contributed by atoms with Crippen LogP contribution in [0, 0.1) is 11.8 Å². The molecule has 2 atom stereocenters. The average Bonchev–Trinajstić information content (AvgIpc) is 2.73. The third-order valence-electron chi connectivity index (χ3n) is 5.30. The van der Waals surface area contributed by atoms with Gasteiger partial charge in [0.15, 0.2) is 0 Å². The second kappa shape index (κ2) is 9.62. The molecule has 1 aliphatic rings. The van der Waals surface area contributed by atoms with Gasteiger partial charge in [0.2, 0.25) is 10.0 Å². The van der Waals surface area contributed by atoms with E-state index in [1.54, 1.807) is 37.3 Å². The Morgan fingerprint density at radius 1 is 1.03 bits per heavy atom. The number of piperidine rings is 1. The zero-order valence-electron chi connectivity index (χ0n) is 18.1. The summed E-state index contributed by atoms with van der Waals surface area (Å²) in [5.41, 5.74) is 1.03. The SMILES string of the molecule is CCNS(=O)(=O)c1cccc(C(=O)Nc2ccccc2C(=O)N2CC(C)CC(C)C2)c1.